The van der Waals surface area contributed by atoms with E-state index in [0.29, 0.717) is 12.8 Å². The Kier molecular flexibility index (Phi) is 3.51. The minimum Gasteiger partial charge on any atom is -0.393 e. The number of sulfonamides is 1. The van der Waals surface area contributed by atoms with Gasteiger partial charge in [0, 0.05) is 17.6 Å². The number of rotatable bonds is 3. The van der Waals surface area contributed by atoms with Crippen molar-refractivity contribution in [3.05, 3.63) is 29.8 Å². The molecule has 3 rings (SSSR count). The molecule has 3 N–H and O–H groups in total. The Morgan fingerprint density at radius 1 is 1.14 bits per heavy atom. The molecule has 0 radical (unpaired) electrons. The van der Waals surface area contributed by atoms with Gasteiger partial charge in [-0.15, -0.1) is 0 Å². The Morgan fingerprint density at radius 2 is 1.67 bits per heavy atom. The number of amides is 1. The third-order valence-electron chi connectivity index (χ3n) is 4.36. The predicted octanol–water partition coefficient (Wildman–Crippen LogP) is 0.462. The molecule has 2 bridgehead atoms. The van der Waals surface area contributed by atoms with Crippen LogP contribution in [0.25, 0.3) is 0 Å². The van der Waals surface area contributed by atoms with E-state index < -0.39 is 22.0 Å². The van der Waals surface area contributed by atoms with Crippen LogP contribution in [0.5, 0.6) is 0 Å². The van der Waals surface area contributed by atoms with E-state index in [1.165, 1.54) is 24.3 Å². The molecule has 2 saturated heterocycles. The molecule has 2 aliphatic rings. The highest BCUT2D eigenvalue weighted by atomic mass is 32.2. The maximum absolute atomic E-state index is 12.8. The molecule has 21 heavy (non-hydrogen) atoms. The normalized spacial score (nSPS) is 29.5. The van der Waals surface area contributed by atoms with Gasteiger partial charge in [-0.1, -0.05) is 0 Å². The number of carbonyl (C=O) groups is 1. The summed E-state index contributed by atoms with van der Waals surface area (Å²) in [7, 11) is -3.59. The van der Waals surface area contributed by atoms with Crippen LogP contribution in [0.15, 0.2) is 29.2 Å². The van der Waals surface area contributed by atoms with E-state index in [9.17, 15) is 18.3 Å². The highest BCUT2D eigenvalue weighted by Crippen LogP contribution is 2.39. The van der Waals surface area contributed by atoms with Crippen LogP contribution in [-0.4, -0.2) is 41.9 Å². The topological polar surface area (TPSA) is 101 Å². The lowest BCUT2D eigenvalue weighted by Gasteiger charge is -2.36. The number of nitrogens with two attached hydrogens (primary N) is 1. The van der Waals surface area contributed by atoms with Gasteiger partial charge in [0.2, 0.25) is 15.9 Å². The van der Waals surface area contributed by atoms with E-state index in [2.05, 4.69) is 0 Å². The summed E-state index contributed by atoms with van der Waals surface area (Å²) in [6.07, 6.45) is 2.16. The lowest BCUT2D eigenvalue weighted by atomic mass is 10.0. The summed E-state index contributed by atoms with van der Waals surface area (Å²) in [6, 6.07) is 5.44. The van der Waals surface area contributed by atoms with Crippen LogP contribution >= 0.6 is 0 Å². The van der Waals surface area contributed by atoms with Crippen LogP contribution in [0.3, 0.4) is 0 Å². The molecular weight excluding hydrogens is 292 g/mol. The van der Waals surface area contributed by atoms with E-state index in [0.717, 1.165) is 12.8 Å². The van der Waals surface area contributed by atoms with Gasteiger partial charge >= 0.3 is 0 Å². The molecule has 2 heterocycles. The molecule has 2 atom stereocenters. The third-order valence-corrected chi connectivity index (χ3v) is 6.37. The number of primary amides is 1. The Morgan fingerprint density at radius 3 is 2.14 bits per heavy atom. The van der Waals surface area contributed by atoms with Crippen LogP contribution in [0.1, 0.15) is 36.0 Å². The SMILES string of the molecule is NC(=O)c1ccc(S(=O)(=O)N2C3CCC2CC(O)C3)cc1. The van der Waals surface area contributed by atoms with Gasteiger partial charge < -0.3 is 10.8 Å². The van der Waals surface area contributed by atoms with Crippen molar-refractivity contribution in [3.8, 4) is 0 Å². The summed E-state index contributed by atoms with van der Waals surface area (Å²) >= 11 is 0. The van der Waals surface area contributed by atoms with Crippen molar-refractivity contribution in [1.82, 2.24) is 4.31 Å². The van der Waals surface area contributed by atoms with Crippen molar-refractivity contribution in [2.24, 2.45) is 5.73 Å². The van der Waals surface area contributed by atoms with Gasteiger partial charge in [0.1, 0.15) is 0 Å². The standard InChI is InChI=1S/C14H18N2O4S/c15-14(18)9-1-5-13(6-2-9)21(19,20)16-10-3-4-11(16)8-12(17)7-10/h1-2,5-6,10-12,17H,3-4,7-8H2,(H2,15,18). The van der Waals surface area contributed by atoms with Gasteiger partial charge in [-0.3, -0.25) is 4.79 Å². The van der Waals surface area contributed by atoms with E-state index in [-0.39, 0.29) is 22.5 Å². The van der Waals surface area contributed by atoms with Crippen molar-refractivity contribution in [2.45, 2.75) is 48.8 Å². The molecule has 2 unspecified atom stereocenters. The smallest absolute Gasteiger partial charge is 0.248 e. The summed E-state index contributed by atoms with van der Waals surface area (Å²) in [4.78, 5) is 11.2. The zero-order valence-corrected chi connectivity index (χ0v) is 12.3. The fraction of sp³-hybridized carbons (Fsp3) is 0.500. The maximum Gasteiger partial charge on any atom is 0.248 e. The Labute approximate surface area is 123 Å². The second kappa shape index (κ2) is 5.08. The largest absolute Gasteiger partial charge is 0.393 e. The number of hydrogen-bond acceptors (Lipinski definition) is 4. The summed E-state index contributed by atoms with van der Waals surface area (Å²) in [5, 5.41) is 9.77. The molecule has 6 nitrogen and oxygen atoms in total. The zero-order valence-electron chi connectivity index (χ0n) is 11.5. The van der Waals surface area contributed by atoms with Crippen LogP contribution in [-0.2, 0) is 10.0 Å². The highest BCUT2D eigenvalue weighted by molar-refractivity contribution is 7.89. The monoisotopic (exact) mass is 310 g/mol. The molecule has 1 amide bonds. The number of fused-ring (bicyclic) bond motifs is 2. The quantitative estimate of drug-likeness (QED) is 0.847. The lowest BCUT2D eigenvalue weighted by molar-refractivity contribution is 0.0768. The summed E-state index contributed by atoms with van der Waals surface area (Å²) < 4.78 is 27.1. The summed E-state index contributed by atoms with van der Waals surface area (Å²) in [5.41, 5.74) is 5.44. The summed E-state index contributed by atoms with van der Waals surface area (Å²) in [6.45, 7) is 0. The lowest BCUT2D eigenvalue weighted by Crippen LogP contribution is -2.47. The van der Waals surface area contributed by atoms with Crippen LogP contribution in [0.2, 0.25) is 0 Å². The zero-order chi connectivity index (χ0) is 15.2. The molecule has 0 aromatic heterocycles. The number of aliphatic hydroxyl groups is 1. The first-order valence-electron chi connectivity index (χ1n) is 7.01. The fourth-order valence-electron chi connectivity index (χ4n) is 3.41. The van der Waals surface area contributed by atoms with Crippen LogP contribution < -0.4 is 5.73 Å². The summed E-state index contributed by atoms with van der Waals surface area (Å²) in [5.74, 6) is -0.583. The van der Waals surface area contributed by atoms with E-state index in [1.54, 1.807) is 4.31 Å². The van der Waals surface area contributed by atoms with E-state index in [4.69, 9.17) is 5.73 Å². The van der Waals surface area contributed by atoms with Gasteiger partial charge in [0.05, 0.1) is 11.0 Å². The second-order valence-electron chi connectivity index (χ2n) is 5.73. The Hall–Kier alpha value is -1.44. The Balaban J connectivity index is 1.92. The van der Waals surface area contributed by atoms with Gasteiger partial charge in [0.25, 0.3) is 0 Å². The van der Waals surface area contributed by atoms with Crippen molar-refractivity contribution >= 4 is 15.9 Å². The molecule has 0 aliphatic carbocycles. The second-order valence-corrected chi connectivity index (χ2v) is 7.58. The van der Waals surface area contributed by atoms with Crippen LogP contribution in [0, 0.1) is 0 Å². The number of benzene rings is 1. The number of piperidine rings is 1. The van der Waals surface area contributed by atoms with Crippen molar-refractivity contribution < 1.29 is 18.3 Å². The van der Waals surface area contributed by atoms with E-state index >= 15 is 0 Å². The fourth-order valence-corrected chi connectivity index (χ4v) is 5.30. The van der Waals surface area contributed by atoms with Gasteiger partial charge in [0.15, 0.2) is 0 Å². The van der Waals surface area contributed by atoms with Crippen LogP contribution in [0.4, 0.5) is 0 Å². The first-order valence-corrected chi connectivity index (χ1v) is 8.45. The van der Waals surface area contributed by atoms with Gasteiger partial charge in [-0.2, -0.15) is 4.31 Å². The maximum atomic E-state index is 12.8. The van der Waals surface area contributed by atoms with Gasteiger partial charge in [-0.25, -0.2) is 8.42 Å². The molecule has 2 aliphatic heterocycles. The molecule has 0 saturated carbocycles. The first-order chi connectivity index (χ1) is 9.89. The average Bonchev–Trinajstić information content (AvgIpc) is 2.72. The molecule has 7 heteroatoms. The van der Waals surface area contributed by atoms with Crippen molar-refractivity contribution in [2.75, 3.05) is 0 Å². The molecule has 2 fully saturated rings. The highest BCUT2D eigenvalue weighted by Gasteiger charge is 2.46. The molecule has 0 spiro atoms. The Bertz CT molecular complexity index is 642. The predicted molar refractivity (Wildman–Crippen MR) is 76.0 cm³/mol. The number of aliphatic hydroxyl groups excluding tert-OH is 1. The number of carbonyl (C=O) groups excluding carboxylic acids is 1. The minimum atomic E-state index is -3.59. The first kappa shape index (κ1) is 14.5. The molecule has 1 aromatic carbocycles. The molecule has 1 aromatic rings. The molecule has 114 valence electrons. The van der Waals surface area contributed by atoms with Gasteiger partial charge in [-0.05, 0) is 49.9 Å². The van der Waals surface area contributed by atoms with Crippen molar-refractivity contribution in [3.63, 3.8) is 0 Å². The van der Waals surface area contributed by atoms with E-state index in [1.807, 2.05) is 0 Å². The molecular formula is C14H18N2O4S. The third kappa shape index (κ3) is 2.45. The number of nitrogens with zero attached hydrogens (tertiary/aromatic N) is 1. The van der Waals surface area contributed by atoms with Crippen molar-refractivity contribution in [1.29, 1.82) is 0 Å². The average molecular weight is 310 g/mol. The number of hydrogen-bond donors (Lipinski definition) is 2. The minimum absolute atomic E-state index is 0.125.